The molecule has 0 aliphatic rings. The highest BCUT2D eigenvalue weighted by Crippen LogP contribution is 2.35. The van der Waals surface area contributed by atoms with E-state index in [9.17, 15) is 32.9 Å². The first kappa shape index (κ1) is 21.5. The number of esters is 1. The molecule has 0 atom stereocenters. The van der Waals surface area contributed by atoms with E-state index in [2.05, 4.69) is 0 Å². The number of rotatable bonds is 5. The van der Waals surface area contributed by atoms with Crippen LogP contribution in [0.4, 0.5) is 24.5 Å². The van der Waals surface area contributed by atoms with E-state index in [1.54, 1.807) is 0 Å². The van der Waals surface area contributed by atoms with E-state index in [0.29, 0.717) is 6.07 Å². The fourth-order valence-corrected chi connectivity index (χ4v) is 2.60. The van der Waals surface area contributed by atoms with Gasteiger partial charge in [0, 0.05) is 6.07 Å². The average molecular weight is 437 g/mol. The van der Waals surface area contributed by atoms with Crippen molar-refractivity contribution >= 4 is 46.5 Å². The minimum absolute atomic E-state index is 0.0173. The van der Waals surface area contributed by atoms with Gasteiger partial charge < -0.3 is 10.1 Å². The van der Waals surface area contributed by atoms with Crippen LogP contribution in [0.2, 0.25) is 10.0 Å². The van der Waals surface area contributed by atoms with E-state index >= 15 is 0 Å². The second kappa shape index (κ2) is 8.44. The van der Waals surface area contributed by atoms with Crippen LogP contribution in [0.5, 0.6) is 0 Å². The highest BCUT2D eigenvalue weighted by molar-refractivity contribution is 6.39. The van der Waals surface area contributed by atoms with Crippen molar-refractivity contribution in [2.45, 2.75) is 6.18 Å². The third-order valence-electron chi connectivity index (χ3n) is 3.30. The molecule has 0 unspecified atom stereocenters. The molecule has 12 heteroatoms. The molecular formula is C16H9Cl2F3N2O5. The quantitative estimate of drug-likeness (QED) is 0.415. The molecule has 0 spiro atoms. The molecule has 0 saturated carbocycles. The highest BCUT2D eigenvalue weighted by atomic mass is 35.5. The van der Waals surface area contributed by atoms with Crippen molar-refractivity contribution in [2.75, 3.05) is 11.9 Å². The zero-order valence-electron chi connectivity index (χ0n) is 13.5. The van der Waals surface area contributed by atoms with Gasteiger partial charge in [0.1, 0.15) is 5.69 Å². The summed E-state index contributed by atoms with van der Waals surface area (Å²) in [6, 6.07) is 5.80. The maximum Gasteiger partial charge on any atom is 0.416 e. The van der Waals surface area contributed by atoms with Crippen molar-refractivity contribution in [1.82, 2.24) is 0 Å². The minimum Gasteiger partial charge on any atom is -0.452 e. The Morgan fingerprint density at radius 3 is 2.29 bits per heavy atom. The third kappa shape index (κ3) is 5.11. The van der Waals surface area contributed by atoms with Gasteiger partial charge in [-0.15, -0.1) is 0 Å². The molecule has 0 aromatic heterocycles. The van der Waals surface area contributed by atoms with Gasteiger partial charge >= 0.3 is 12.1 Å². The monoisotopic (exact) mass is 436 g/mol. The van der Waals surface area contributed by atoms with Crippen LogP contribution >= 0.6 is 23.2 Å². The van der Waals surface area contributed by atoms with Gasteiger partial charge in [-0.1, -0.05) is 29.3 Å². The Hall–Kier alpha value is -2.85. The lowest BCUT2D eigenvalue weighted by Gasteiger charge is -2.10. The lowest BCUT2D eigenvalue weighted by atomic mass is 10.1. The van der Waals surface area contributed by atoms with E-state index in [4.69, 9.17) is 27.9 Å². The number of nitro benzene ring substituents is 1. The molecule has 2 rings (SSSR count). The smallest absolute Gasteiger partial charge is 0.416 e. The van der Waals surface area contributed by atoms with Crippen LogP contribution in [0.15, 0.2) is 36.4 Å². The van der Waals surface area contributed by atoms with Gasteiger partial charge in [0.25, 0.3) is 11.6 Å². The Morgan fingerprint density at radius 1 is 1.14 bits per heavy atom. The largest absolute Gasteiger partial charge is 0.452 e. The summed E-state index contributed by atoms with van der Waals surface area (Å²) in [6.07, 6.45) is -4.79. The van der Waals surface area contributed by atoms with E-state index in [-0.39, 0.29) is 21.7 Å². The number of halogens is 5. The number of ether oxygens (including phenoxy) is 1. The number of hydrogen-bond donors (Lipinski definition) is 1. The topological polar surface area (TPSA) is 98.5 Å². The number of amides is 1. The van der Waals surface area contributed by atoms with Crippen molar-refractivity contribution in [1.29, 1.82) is 0 Å². The molecule has 148 valence electrons. The van der Waals surface area contributed by atoms with Crippen LogP contribution in [0.3, 0.4) is 0 Å². The van der Waals surface area contributed by atoms with E-state index in [1.165, 1.54) is 18.2 Å². The predicted molar refractivity (Wildman–Crippen MR) is 93.5 cm³/mol. The molecule has 7 nitrogen and oxygen atoms in total. The Balaban J connectivity index is 2.11. The van der Waals surface area contributed by atoms with Crippen LogP contribution in [-0.2, 0) is 15.7 Å². The SMILES string of the molecule is O=C(COC(=O)c1c(Cl)cccc1Cl)Nc1ccc(C(F)(F)F)cc1[N+](=O)[O-]. The zero-order valence-corrected chi connectivity index (χ0v) is 15.1. The van der Waals surface area contributed by atoms with Crippen LogP contribution < -0.4 is 5.32 Å². The predicted octanol–water partition coefficient (Wildman–Crippen LogP) is 4.72. The maximum atomic E-state index is 12.7. The average Bonchev–Trinajstić information content (AvgIpc) is 2.59. The summed E-state index contributed by atoms with van der Waals surface area (Å²) >= 11 is 11.6. The maximum absolute atomic E-state index is 12.7. The standard InChI is InChI=1S/C16H9Cl2F3N2O5/c17-9-2-1-3-10(18)14(9)15(25)28-7-13(24)22-11-5-4-8(16(19,20)21)6-12(11)23(26)27/h1-6H,7H2,(H,22,24). The molecule has 2 aromatic rings. The van der Waals surface area contributed by atoms with E-state index in [0.717, 1.165) is 6.07 Å². The van der Waals surface area contributed by atoms with Gasteiger partial charge in [0.05, 0.1) is 26.1 Å². The van der Waals surface area contributed by atoms with Gasteiger partial charge in [-0.2, -0.15) is 13.2 Å². The number of nitrogens with zero attached hydrogens (tertiary/aromatic N) is 1. The summed E-state index contributed by atoms with van der Waals surface area (Å²) in [5.41, 5.74) is -2.89. The zero-order chi connectivity index (χ0) is 21.1. The van der Waals surface area contributed by atoms with Gasteiger partial charge in [-0.05, 0) is 24.3 Å². The lowest BCUT2D eigenvalue weighted by molar-refractivity contribution is -0.384. The molecule has 2 aromatic carbocycles. The van der Waals surface area contributed by atoms with Gasteiger partial charge in [-0.3, -0.25) is 14.9 Å². The van der Waals surface area contributed by atoms with Crippen LogP contribution in [0.1, 0.15) is 15.9 Å². The molecule has 0 saturated heterocycles. The summed E-state index contributed by atoms with van der Waals surface area (Å²) in [4.78, 5) is 33.7. The molecule has 28 heavy (non-hydrogen) atoms. The minimum atomic E-state index is -4.79. The first-order valence-electron chi connectivity index (χ1n) is 7.27. The fraction of sp³-hybridized carbons (Fsp3) is 0.125. The number of carbonyl (C=O) groups is 2. The van der Waals surface area contributed by atoms with Gasteiger partial charge in [-0.25, -0.2) is 4.79 Å². The number of benzene rings is 2. The first-order valence-corrected chi connectivity index (χ1v) is 8.03. The summed E-state index contributed by atoms with van der Waals surface area (Å²) in [5.74, 6) is -2.04. The number of alkyl halides is 3. The first-order chi connectivity index (χ1) is 13.0. The number of hydrogen-bond acceptors (Lipinski definition) is 5. The normalized spacial score (nSPS) is 11.0. The van der Waals surface area contributed by atoms with Crippen LogP contribution in [0, 0.1) is 10.1 Å². The Labute approximate surface area is 165 Å². The summed E-state index contributed by atoms with van der Waals surface area (Å²) in [7, 11) is 0. The van der Waals surface area contributed by atoms with Crippen molar-refractivity contribution in [3.05, 3.63) is 67.7 Å². The second-order valence-electron chi connectivity index (χ2n) is 5.21. The van der Waals surface area contributed by atoms with Crippen molar-refractivity contribution < 1.29 is 32.4 Å². The van der Waals surface area contributed by atoms with Crippen LogP contribution in [-0.4, -0.2) is 23.4 Å². The number of nitro groups is 1. The number of carbonyl (C=O) groups excluding carboxylic acids is 2. The van der Waals surface area contributed by atoms with Crippen molar-refractivity contribution in [3.63, 3.8) is 0 Å². The second-order valence-corrected chi connectivity index (χ2v) is 6.02. The molecule has 0 fully saturated rings. The molecule has 0 radical (unpaired) electrons. The molecule has 0 aliphatic heterocycles. The van der Waals surface area contributed by atoms with Crippen molar-refractivity contribution in [2.24, 2.45) is 0 Å². The summed E-state index contributed by atoms with van der Waals surface area (Å²) in [5, 5.41) is 13.0. The van der Waals surface area contributed by atoms with Gasteiger partial charge in [0.15, 0.2) is 6.61 Å². The number of nitrogens with one attached hydrogen (secondary N) is 1. The molecule has 0 bridgehead atoms. The molecule has 0 aliphatic carbocycles. The number of anilines is 1. The lowest BCUT2D eigenvalue weighted by Crippen LogP contribution is -2.22. The van der Waals surface area contributed by atoms with Crippen LogP contribution in [0.25, 0.3) is 0 Å². The van der Waals surface area contributed by atoms with E-state index in [1.807, 2.05) is 5.32 Å². The van der Waals surface area contributed by atoms with E-state index < -0.39 is 46.5 Å². The highest BCUT2D eigenvalue weighted by Gasteiger charge is 2.33. The Morgan fingerprint density at radius 2 is 1.75 bits per heavy atom. The molecule has 0 heterocycles. The Bertz CT molecular complexity index is 930. The van der Waals surface area contributed by atoms with Gasteiger partial charge in [0.2, 0.25) is 0 Å². The third-order valence-corrected chi connectivity index (χ3v) is 3.93. The summed E-state index contributed by atoms with van der Waals surface area (Å²) in [6.45, 7) is -0.876. The summed E-state index contributed by atoms with van der Waals surface area (Å²) < 4.78 is 42.7. The fourth-order valence-electron chi connectivity index (χ4n) is 2.05. The Kier molecular flexibility index (Phi) is 6.47. The molecule has 1 amide bonds. The molecule has 1 N–H and O–H groups in total. The molecular weight excluding hydrogens is 428 g/mol. The van der Waals surface area contributed by atoms with Crippen molar-refractivity contribution in [3.8, 4) is 0 Å².